The molecule has 5 heteroatoms. The first kappa shape index (κ1) is 13.7. The molecule has 0 atom stereocenters. The molecule has 1 aliphatic heterocycles. The van der Waals surface area contributed by atoms with Crippen LogP contribution in [-0.2, 0) is 0 Å². The van der Waals surface area contributed by atoms with Crippen molar-refractivity contribution < 1.29 is 13.2 Å². The minimum absolute atomic E-state index is 0.0379. The van der Waals surface area contributed by atoms with E-state index in [2.05, 4.69) is 5.32 Å². The van der Waals surface area contributed by atoms with Crippen LogP contribution in [-0.4, -0.2) is 25.2 Å². The van der Waals surface area contributed by atoms with E-state index in [0.717, 1.165) is 50.8 Å². The molecule has 0 radical (unpaired) electrons. The minimum atomic E-state index is -0.868. The Morgan fingerprint density at radius 2 is 1.65 bits per heavy atom. The quantitative estimate of drug-likeness (QED) is 0.852. The average Bonchev–Trinajstić information content (AvgIpc) is 2.71. The van der Waals surface area contributed by atoms with Gasteiger partial charge in [-0.1, -0.05) is 12.8 Å². The highest BCUT2D eigenvalue weighted by Crippen LogP contribution is 2.34. The van der Waals surface area contributed by atoms with Crippen molar-refractivity contribution in [2.75, 3.05) is 24.5 Å². The molecule has 1 aliphatic carbocycles. The third-order valence-corrected chi connectivity index (χ3v) is 4.46. The first-order chi connectivity index (χ1) is 9.60. The third kappa shape index (κ3) is 2.51. The monoisotopic (exact) mass is 284 g/mol. The molecule has 2 nitrogen and oxygen atoms in total. The van der Waals surface area contributed by atoms with Gasteiger partial charge in [-0.05, 0) is 25.8 Å². The molecule has 1 aromatic carbocycles. The van der Waals surface area contributed by atoms with E-state index in [0.29, 0.717) is 13.1 Å². The molecule has 0 bridgehead atoms. The van der Waals surface area contributed by atoms with Gasteiger partial charge in [0, 0.05) is 30.8 Å². The summed E-state index contributed by atoms with van der Waals surface area (Å²) in [4.78, 5) is 1.75. The topological polar surface area (TPSA) is 15.3 Å². The van der Waals surface area contributed by atoms with Gasteiger partial charge in [-0.2, -0.15) is 0 Å². The van der Waals surface area contributed by atoms with Crippen molar-refractivity contribution in [3.63, 3.8) is 0 Å². The summed E-state index contributed by atoms with van der Waals surface area (Å²) in [6.45, 7) is 2.04. The molecule has 1 saturated heterocycles. The van der Waals surface area contributed by atoms with E-state index in [9.17, 15) is 13.2 Å². The fourth-order valence-corrected chi connectivity index (χ4v) is 3.54. The largest absolute Gasteiger partial charge is 0.365 e. The number of anilines is 1. The first-order valence-corrected chi connectivity index (χ1v) is 7.24. The number of nitrogens with one attached hydrogen (secondary N) is 1. The van der Waals surface area contributed by atoms with E-state index < -0.39 is 17.5 Å². The molecule has 0 aromatic heterocycles. The maximum Gasteiger partial charge on any atom is 0.152 e. The highest BCUT2D eigenvalue weighted by atomic mass is 19.1. The van der Waals surface area contributed by atoms with Gasteiger partial charge in [0.1, 0.15) is 11.5 Å². The van der Waals surface area contributed by atoms with E-state index in [1.807, 2.05) is 0 Å². The van der Waals surface area contributed by atoms with Gasteiger partial charge in [0.05, 0.1) is 0 Å². The zero-order valence-electron chi connectivity index (χ0n) is 11.4. The molecule has 1 N–H and O–H groups in total. The lowest BCUT2D eigenvalue weighted by Crippen LogP contribution is -2.49. The van der Waals surface area contributed by atoms with Crippen molar-refractivity contribution in [3.05, 3.63) is 29.6 Å². The lowest BCUT2D eigenvalue weighted by molar-refractivity contribution is 0.353. The van der Waals surface area contributed by atoms with Crippen molar-refractivity contribution in [3.8, 4) is 0 Å². The lowest BCUT2D eigenvalue weighted by Gasteiger charge is -2.34. The van der Waals surface area contributed by atoms with Crippen LogP contribution in [0.3, 0.4) is 0 Å². The zero-order chi connectivity index (χ0) is 14.2. The number of halogens is 3. The summed E-state index contributed by atoms with van der Waals surface area (Å²) in [5.74, 6) is -2.48. The summed E-state index contributed by atoms with van der Waals surface area (Å²) in [5.41, 5.74) is -0.120. The molecular weight excluding hydrogens is 265 g/mol. The Hall–Kier alpha value is -1.23. The zero-order valence-corrected chi connectivity index (χ0v) is 11.4. The smallest absolute Gasteiger partial charge is 0.152 e. The van der Waals surface area contributed by atoms with Gasteiger partial charge >= 0.3 is 0 Å². The number of benzene rings is 1. The fraction of sp³-hybridized carbons (Fsp3) is 0.600. The number of nitrogens with zero attached hydrogens (tertiary/aromatic N) is 1. The maximum absolute atomic E-state index is 14.0. The second-order valence-corrected chi connectivity index (χ2v) is 5.91. The molecule has 0 unspecified atom stereocenters. The molecule has 2 fully saturated rings. The SMILES string of the molecule is Fc1cc(F)c(N2CCCNC3(CCCC3)C2)c(F)c1. The lowest BCUT2D eigenvalue weighted by atomic mass is 9.97. The predicted octanol–water partition coefficient (Wildman–Crippen LogP) is 3.22. The van der Waals surface area contributed by atoms with Gasteiger partial charge in [-0.25, -0.2) is 13.2 Å². The summed E-state index contributed by atoms with van der Waals surface area (Å²) < 4.78 is 41.0. The number of hydrogen-bond donors (Lipinski definition) is 1. The second-order valence-electron chi connectivity index (χ2n) is 5.91. The summed E-state index contributed by atoms with van der Waals surface area (Å²) >= 11 is 0. The van der Waals surface area contributed by atoms with Crippen LogP contribution in [0.15, 0.2) is 12.1 Å². The Balaban J connectivity index is 1.92. The Morgan fingerprint density at radius 3 is 2.30 bits per heavy atom. The molecule has 1 saturated carbocycles. The van der Waals surface area contributed by atoms with Crippen LogP contribution in [0.5, 0.6) is 0 Å². The molecular formula is C15H19F3N2. The fourth-order valence-electron chi connectivity index (χ4n) is 3.54. The van der Waals surface area contributed by atoms with Crippen LogP contribution in [0.2, 0.25) is 0 Å². The van der Waals surface area contributed by atoms with Crippen LogP contribution in [0.25, 0.3) is 0 Å². The number of rotatable bonds is 1. The normalized spacial score (nSPS) is 22.2. The molecule has 2 aliphatic rings. The van der Waals surface area contributed by atoms with E-state index in [1.165, 1.54) is 0 Å². The van der Waals surface area contributed by atoms with Crippen LogP contribution < -0.4 is 10.2 Å². The molecule has 1 spiro atoms. The molecule has 3 rings (SSSR count). The first-order valence-electron chi connectivity index (χ1n) is 7.24. The van der Waals surface area contributed by atoms with E-state index >= 15 is 0 Å². The van der Waals surface area contributed by atoms with Crippen LogP contribution in [0, 0.1) is 17.5 Å². The van der Waals surface area contributed by atoms with Gasteiger partial charge in [-0.3, -0.25) is 0 Å². The summed E-state index contributed by atoms with van der Waals surface area (Å²) in [6.07, 6.45) is 5.20. The second kappa shape index (κ2) is 5.28. The van der Waals surface area contributed by atoms with Crippen LogP contribution in [0.1, 0.15) is 32.1 Å². The van der Waals surface area contributed by atoms with Crippen molar-refractivity contribution in [1.29, 1.82) is 0 Å². The van der Waals surface area contributed by atoms with E-state index in [4.69, 9.17) is 0 Å². The molecule has 20 heavy (non-hydrogen) atoms. The molecule has 1 heterocycles. The Labute approximate surface area is 117 Å². The summed E-state index contributed by atoms with van der Waals surface area (Å²) in [5, 5.41) is 3.55. The highest BCUT2D eigenvalue weighted by molar-refractivity contribution is 5.50. The van der Waals surface area contributed by atoms with Gasteiger partial charge in [0.2, 0.25) is 0 Å². The van der Waals surface area contributed by atoms with Crippen LogP contribution >= 0.6 is 0 Å². The Kier molecular flexibility index (Phi) is 3.63. The van der Waals surface area contributed by atoms with Crippen molar-refractivity contribution in [1.82, 2.24) is 5.32 Å². The standard InChI is InChI=1S/C15H19F3N2/c16-11-8-12(17)14(13(18)9-11)20-7-3-6-19-15(10-20)4-1-2-5-15/h8-9,19H,1-7,10H2. The van der Waals surface area contributed by atoms with Gasteiger partial charge < -0.3 is 10.2 Å². The Morgan fingerprint density at radius 1 is 1.00 bits per heavy atom. The summed E-state index contributed by atoms with van der Waals surface area (Å²) in [6, 6.07) is 1.52. The Bertz CT molecular complexity index is 475. The molecule has 1 aromatic rings. The van der Waals surface area contributed by atoms with E-state index in [-0.39, 0.29) is 11.2 Å². The van der Waals surface area contributed by atoms with Crippen LogP contribution in [0.4, 0.5) is 18.9 Å². The van der Waals surface area contributed by atoms with E-state index in [1.54, 1.807) is 4.90 Å². The minimum Gasteiger partial charge on any atom is -0.365 e. The van der Waals surface area contributed by atoms with Crippen molar-refractivity contribution in [2.45, 2.75) is 37.6 Å². The highest BCUT2D eigenvalue weighted by Gasteiger charge is 2.37. The van der Waals surface area contributed by atoms with Gasteiger partial charge in [0.25, 0.3) is 0 Å². The molecule has 110 valence electrons. The summed E-state index contributed by atoms with van der Waals surface area (Å²) in [7, 11) is 0. The van der Waals surface area contributed by atoms with Crippen molar-refractivity contribution >= 4 is 5.69 Å². The van der Waals surface area contributed by atoms with Crippen molar-refractivity contribution in [2.24, 2.45) is 0 Å². The molecule has 0 amide bonds. The average molecular weight is 284 g/mol. The number of hydrogen-bond acceptors (Lipinski definition) is 2. The maximum atomic E-state index is 14.0. The predicted molar refractivity (Wildman–Crippen MR) is 72.3 cm³/mol. The van der Waals surface area contributed by atoms with Gasteiger partial charge in [-0.15, -0.1) is 0 Å². The third-order valence-electron chi connectivity index (χ3n) is 4.46. The van der Waals surface area contributed by atoms with Gasteiger partial charge in [0.15, 0.2) is 11.6 Å².